The molecule has 0 aliphatic rings. The molecule has 0 aromatic heterocycles. The highest BCUT2D eigenvalue weighted by molar-refractivity contribution is 5.25. The van der Waals surface area contributed by atoms with Gasteiger partial charge in [0, 0.05) is 6.20 Å². The topological polar surface area (TPSA) is 12.4 Å². The molecule has 0 aliphatic carbocycles. The summed E-state index contributed by atoms with van der Waals surface area (Å²) in [5.41, 5.74) is 0. The Morgan fingerprint density at radius 2 is 1.80 bits per heavy atom. The van der Waals surface area contributed by atoms with E-state index in [1.54, 1.807) is 6.20 Å². The average Bonchev–Trinajstić information content (AvgIpc) is 1.91. The van der Waals surface area contributed by atoms with Crippen LogP contribution in [0.15, 0.2) is 29.9 Å². The van der Waals surface area contributed by atoms with Crippen molar-refractivity contribution in [2.45, 2.75) is 20.8 Å². The molecule has 0 aromatic carbocycles. The van der Waals surface area contributed by atoms with Crippen molar-refractivity contribution in [3.8, 4) is 0 Å². The molecule has 0 radical (unpaired) electrons. The third kappa shape index (κ3) is 27.3. The average molecular weight is 139 g/mol. The highest BCUT2D eigenvalue weighted by atomic mass is 14.6. The van der Waals surface area contributed by atoms with Gasteiger partial charge in [0.25, 0.3) is 0 Å². The number of hydrogen-bond donors (Lipinski definition) is 0. The van der Waals surface area contributed by atoms with Crippen molar-refractivity contribution in [1.29, 1.82) is 0 Å². The van der Waals surface area contributed by atoms with Gasteiger partial charge in [-0.2, -0.15) is 0 Å². The Morgan fingerprint density at radius 1 is 1.40 bits per heavy atom. The second-order valence-electron chi connectivity index (χ2n) is 2.14. The monoisotopic (exact) mass is 139 g/mol. The normalized spacial score (nSPS) is 8.80. The van der Waals surface area contributed by atoms with E-state index in [4.69, 9.17) is 0 Å². The third-order valence-corrected chi connectivity index (χ3v) is 0.726. The molecule has 58 valence electrons. The Hall–Kier alpha value is -0.850. The molecule has 0 saturated carbocycles. The number of allylic oxidation sites excluding steroid dienone is 2. The van der Waals surface area contributed by atoms with Crippen molar-refractivity contribution < 1.29 is 0 Å². The molecule has 0 rings (SSSR count). The Bertz CT molecular complexity index is 101. The van der Waals surface area contributed by atoms with Gasteiger partial charge in [-0.25, -0.2) is 0 Å². The first-order valence-corrected chi connectivity index (χ1v) is 3.38. The predicted molar refractivity (Wildman–Crippen MR) is 49.4 cm³/mol. The summed E-state index contributed by atoms with van der Waals surface area (Å²) < 4.78 is 0. The van der Waals surface area contributed by atoms with Gasteiger partial charge in [-0.15, -0.1) is 6.58 Å². The molecular weight excluding hydrogens is 122 g/mol. The maximum absolute atomic E-state index is 3.56. The Morgan fingerprint density at radius 3 is 1.80 bits per heavy atom. The van der Waals surface area contributed by atoms with Gasteiger partial charge in [-0.1, -0.05) is 26.0 Å². The van der Waals surface area contributed by atoms with E-state index in [2.05, 4.69) is 32.1 Å². The lowest BCUT2D eigenvalue weighted by Crippen LogP contribution is -1.71. The Labute approximate surface area is 64.2 Å². The van der Waals surface area contributed by atoms with Gasteiger partial charge in [-0.3, -0.25) is 4.99 Å². The van der Waals surface area contributed by atoms with Crippen molar-refractivity contribution in [2.75, 3.05) is 0 Å². The Balaban J connectivity index is 0. The van der Waals surface area contributed by atoms with Crippen molar-refractivity contribution in [3.63, 3.8) is 0 Å². The fraction of sp³-hybridized carbons (Fsp3) is 0.444. The molecule has 0 fully saturated rings. The highest BCUT2D eigenvalue weighted by Crippen LogP contribution is 1.87. The zero-order chi connectivity index (χ0) is 8.41. The van der Waals surface area contributed by atoms with Crippen LogP contribution in [0.3, 0.4) is 0 Å². The zero-order valence-corrected chi connectivity index (χ0v) is 7.17. The van der Waals surface area contributed by atoms with Crippen LogP contribution in [0.5, 0.6) is 0 Å². The van der Waals surface area contributed by atoms with Crippen LogP contribution in [0.1, 0.15) is 20.8 Å². The standard InChI is InChI=1S/C5H10.C4H7N/c1-4-5(2)3;1-3-4-5-2/h4-5H,1H2,2-3H3;3-4H,2H2,1H3/b;4-3-. The molecule has 0 heterocycles. The van der Waals surface area contributed by atoms with Crippen LogP contribution in [0.25, 0.3) is 0 Å². The molecule has 0 spiro atoms. The van der Waals surface area contributed by atoms with Gasteiger partial charge in [0.1, 0.15) is 0 Å². The largest absolute Gasteiger partial charge is 0.273 e. The molecule has 0 saturated heterocycles. The summed E-state index contributed by atoms with van der Waals surface area (Å²) in [6.45, 7) is 12.9. The van der Waals surface area contributed by atoms with Gasteiger partial charge in [0.15, 0.2) is 0 Å². The summed E-state index contributed by atoms with van der Waals surface area (Å²) >= 11 is 0. The molecule has 1 nitrogen and oxygen atoms in total. The summed E-state index contributed by atoms with van der Waals surface area (Å²) in [4.78, 5) is 3.42. The minimum absolute atomic E-state index is 0.648. The van der Waals surface area contributed by atoms with Crippen LogP contribution >= 0.6 is 0 Å². The van der Waals surface area contributed by atoms with E-state index >= 15 is 0 Å². The summed E-state index contributed by atoms with van der Waals surface area (Å²) in [5.74, 6) is 0.648. The summed E-state index contributed by atoms with van der Waals surface area (Å²) in [5, 5.41) is 0. The molecule has 10 heavy (non-hydrogen) atoms. The van der Waals surface area contributed by atoms with E-state index < -0.39 is 0 Å². The van der Waals surface area contributed by atoms with E-state index in [1.165, 1.54) is 0 Å². The summed E-state index contributed by atoms with van der Waals surface area (Å²) in [6, 6.07) is 0. The van der Waals surface area contributed by atoms with Crippen LogP contribution in [0.4, 0.5) is 0 Å². The van der Waals surface area contributed by atoms with E-state index in [9.17, 15) is 0 Å². The molecule has 1 heteroatoms. The van der Waals surface area contributed by atoms with Crippen molar-refractivity contribution in [2.24, 2.45) is 10.9 Å². The van der Waals surface area contributed by atoms with Gasteiger partial charge in [-0.05, 0) is 19.6 Å². The molecule has 0 aliphatic heterocycles. The lowest BCUT2D eigenvalue weighted by Gasteiger charge is -1.84. The number of nitrogens with zero attached hydrogens (tertiary/aromatic N) is 1. The third-order valence-electron chi connectivity index (χ3n) is 0.726. The van der Waals surface area contributed by atoms with Gasteiger partial charge in [0.05, 0.1) is 0 Å². The quantitative estimate of drug-likeness (QED) is 0.412. The number of hydrogen-bond acceptors (Lipinski definition) is 1. The van der Waals surface area contributed by atoms with E-state index in [1.807, 2.05) is 19.1 Å². The maximum atomic E-state index is 3.56. The summed E-state index contributed by atoms with van der Waals surface area (Å²) in [6.07, 6.45) is 5.38. The predicted octanol–water partition coefficient (Wildman–Crippen LogP) is 3.05. The van der Waals surface area contributed by atoms with E-state index in [0.717, 1.165) is 0 Å². The smallest absolute Gasteiger partial charge is 0.0217 e. The molecular formula is C9H17N. The molecule has 0 amide bonds. The molecule has 0 aromatic rings. The van der Waals surface area contributed by atoms with Gasteiger partial charge in [0.2, 0.25) is 0 Å². The first-order chi connectivity index (χ1) is 4.68. The van der Waals surface area contributed by atoms with Crippen molar-refractivity contribution in [3.05, 3.63) is 24.9 Å². The van der Waals surface area contributed by atoms with Gasteiger partial charge < -0.3 is 0 Å². The second-order valence-corrected chi connectivity index (χ2v) is 2.14. The molecule has 0 N–H and O–H groups in total. The fourth-order valence-corrected chi connectivity index (χ4v) is 0.105. The SMILES string of the molecule is C=CC(C)C.C=N/C=C\C. The highest BCUT2D eigenvalue weighted by Gasteiger charge is 1.73. The first-order valence-electron chi connectivity index (χ1n) is 3.38. The van der Waals surface area contributed by atoms with E-state index in [-0.39, 0.29) is 0 Å². The molecule has 0 unspecified atom stereocenters. The lowest BCUT2D eigenvalue weighted by atomic mass is 10.2. The van der Waals surface area contributed by atoms with Crippen LogP contribution in [0, 0.1) is 5.92 Å². The van der Waals surface area contributed by atoms with Crippen LogP contribution in [-0.2, 0) is 0 Å². The maximum Gasteiger partial charge on any atom is 0.0217 e. The minimum Gasteiger partial charge on any atom is -0.273 e. The van der Waals surface area contributed by atoms with Crippen LogP contribution in [0.2, 0.25) is 0 Å². The number of aliphatic imine (C=N–C) groups is 1. The number of rotatable bonds is 2. The lowest BCUT2D eigenvalue weighted by molar-refractivity contribution is 0.835. The second kappa shape index (κ2) is 11.0. The molecule has 0 atom stereocenters. The van der Waals surface area contributed by atoms with E-state index in [0.29, 0.717) is 5.92 Å². The fourth-order valence-electron chi connectivity index (χ4n) is 0.105. The van der Waals surface area contributed by atoms with Gasteiger partial charge >= 0.3 is 0 Å². The van der Waals surface area contributed by atoms with Crippen molar-refractivity contribution in [1.82, 2.24) is 0 Å². The zero-order valence-electron chi connectivity index (χ0n) is 7.17. The Kier molecular flexibility index (Phi) is 13.1. The first kappa shape index (κ1) is 11.9. The summed E-state index contributed by atoms with van der Waals surface area (Å²) in [7, 11) is 0. The van der Waals surface area contributed by atoms with Crippen LogP contribution < -0.4 is 0 Å². The minimum atomic E-state index is 0.648. The van der Waals surface area contributed by atoms with Crippen LogP contribution in [-0.4, -0.2) is 6.72 Å². The molecule has 0 bridgehead atoms. The van der Waals surface area contributed by atoms with Crippen molar-refractivity contribution >= 4 is 6.72 Å².